The Labute approximate surface area is 165 Å². The van der Waals surface area contributed by atoms with Crippen LogP contribution in [0, 0.1) is 6.92 Å². The van der Waals surface area contributed by atoms with Crippen LogP contribution in [0.15, 0.2) is 65.3 Å². The second kappa shape index (κ2) is 7.02. The van der Waals surface area contributed by atoms with Gasteiger partial charge in [0.15, 0.2) is 5.70 Å². The molecule has 134 valence electrons. The summed E-state index contributed by atoms with van der Waals surface area (Å²) in [5.74, 6) is -0.310. The van der Waals surface area contributed by atoms with Gasteiger partial charge in [-0.15, -0.1) is 0 Å². The lowest BCUT2D eigenvalue weighted by molar-refractivity contribution is -0.129. The van der Waals surface area contributed by atoms with Crippen molar-refractivity contribution in [3.63, 3.8) is 0 Å². The molecule has 4 rings (SSSR count). The third-order valence-corrected chi connectivity index (χ3v) is 4.66. The number of hydrogen-bond acceptors (Lipinski definition) is 4. The van der Waals surface area contributed by atoms with Crippen molar-refractivity contribution >= 4 is 41.1 Å². The highest BCUT2D eigenvalue weighted by Gasteiger charge is 2.25. The van der Waals surface area contributed by atoms with Gasteiger partial charge in [0.25, 0.3) is 0 Å². The quantitative estimate of drug-likeness (QED) is 0.469. The number of cyclic esters (lactones) is 1. The van der Waals surface area contributed by atoms with E-state index in [1.807, 2.05) is 37.3 Å². The molecule has 0 spiro atoms. The van der Waals surface area contributed by atoms with E-state index in [1.54, 1.807) is 35.0 Å². The number of nitrogens with zero attached hydrogens (tertiary/aromatic N) is 3. The Kier molecular flexibility index (Phi) is 4.56. The molecule has 0 atom stereocenters. The number of hydrogen-bond donors (Lipinski definition) is 0. The summed E-state index contributed by atoms with van der Waals surface area (Å²) in [6.07, 6.45) is 1.59. The lowest BCUT2D eigenvalue weighted by atomic mass is 10.2. The van der Waals surface area contributed by atoms with Crippen LogP contribution in [-0.2, 0) is 9.53 Å². The van der Waals surface area contributed by atoms with Crippen LogP contribution in [0.4, 0.5) is 0 Å². The van der Waals surface area contributed by atoms with Gasteiger partial charge in [0.2, 0.25) is 5.90 Å². The van der Waals surface area contributed by atoms with E-state index in [4.69, 9.17) is 27.9 Å². The molecule has 1 aliphatic rings. The van der Waals surface area contributed by atoms with Gasteiger partial charge in [-0.3, -0.25) is 0 Å². The van der Waals surface area contributed by atoms with Gasteiger partial charge in [-0.25, -0.2) is 14.5 Å². The summed E-state index contributed by atoms with van der Waals surface area (Å²) in [7, 11) is 0. The first-order valence-corrected chi connectivity index (χ1v) is 8.87. The maximum absolute atomic E-state index is 12.2. The molecular formula is C20H13Cl2N3O2. The minimum absolute atomic E-state index is 0.164. The number of ether oxygens (including phenoxy) is 1. The van der Waals surface area contributed by atoms with Gasteiger partial charge in [0, 0.05) is 16.1 Å². The molecule has 0 fully saturated rings. The number of para-hydroxylation sites is 1. The highest BCUT2D eigenvalue weighted by molar-refractivity contribution is 6.31. The third-order valence-electron chi connectivity index (χ3n) is 4.04. The van der Waals surface area contributed by atoms with Gasteiger partial charge >= 0.3 is 5.97 Å². The molecule has 2 aromatic carbocycles. The summed E-state index contributed by atoms with van der Waals surface area (Å²) in [5.41, 5.74) is 2.96. The molecule has 1 aliphatic heterocycles. The molecule has 0 radical (unpaired) electrons. The van der Waals surface area contributed by atoms with Crippen LogP contribution >= 0.6 is 23.2 Å². The van der Waals surface area contributed by atoms with E-state index in [0.717, 1.165) is 5.69 Å². The van der Waals surface area contributed by atoms with E-state index in [-0.39, 0.29) is 11.6 Å². The molecule has 0 saturated carbocycles. The van der Waals surface area contributed by atoms with E-state index in [0.29, 0.717) is 27.0 Å². The number of carbonyl (C=O) groups excluding carboxylic acids is 1. The number of halogens is 2. The molecular weight excluding hydrogens is 385 g/mol. The molecule has 0 bridgehead atoms. The molecule has 2 heterocycles. The number of esters is 1. The number of aliphatic imine (C=N–C) groups is 1. The fraction of sp³-hybridized carbons (Fsp3) is 0.0500. The van der Waals surface area contributed by atoms with Crippen LogP contribution in [0.1, 0.15) is 16.8 Å². The minimum atomic E-state index is -0.539. The second-order valence-electron chi connectivity index (χ2n) is 5.88. The zero-order valence-electron chi connectivity index (χ0n) is 14.2. The smallest absolute Gasteiger partial charge is 0.363 e. The van der Waals surface area contributed by atoms with Crippen molar-refractivity contribution in [3.8, 4) is 5.69 Å². The molecule has 27 heavy (non-hydrogen) atoms. The summed E-state index contributed by atoms with van der Waals surface area (Å²) in [4.78, 5) is 16.5. The average Bonchev–Trinajstić information content (AvgIpc) is 3.18. The van der Waals surface area contributed by atoms with Crippen LogP contribution in [0.2, 0.25) is 10.2 Å². The summed E-state index contributed by atoms with van der Waals surface area (Å²) in [6, 6.07) is 16.4. The van der Waals surface area contributed by atoms with E-state index in [1.165, 1.54) is 0 Å². The predicted octanol–water partition coefficient (Wildman–Crippen LogP) is 4.83. The maximum Gasteiger partial charge on any atom is 0.363 e. The first kappa shape index (κ1) is 17.5. The molecule has 0 amide bonds. The molecule has 1 aromatic heterocycles. The molecule has 7 heteroatoms. The zero-order valence-corrected chi connectivity index (χ0v) is 15.7. The van der Waals surface area contributed by atoms with Crippen LogP contribution in [0.25, 0.3) is 11.8 Å². The second-order valence-corrected chi connectivity index (χ2v) is 6.67. The zero-order chi connectivity index (χ0) is 19.0. The lowest BCUT2D eigenvalue weighted by Crippen LogP contribution is -2.05. The Bertz CT molecular complexity index is 1080. The summed E-state index contributed by atoms with van der Waals surface area (Å²) >= 11 is 12.4. The van der Waals surface area contributed by atoms with E-state index in [2.05, 4.69) is 10.1 Å². The van der Waals surface area contributed by atoms with Crippen molar-refractivity contribution in [2.45, 2.75) is 6.92 Å². The van der Waals surface area contributed by atoms with E-state index in [9.17, 15) is 4.79 Å². The SMILES string of the molecule is Cc1nn(-c2ccccc2)c(Cl)c1C=C1N=C(c2ccc(Cl)cc2)OC1=O. The largest absolute Gasteiger partial charge is 0.402 e. The van der Waals surface area contributed by atoms with Crippen LogP contribution in [0.5, 0.6) is 0 Å². The van der Waals surface area contributed by atoms with Crippen molar-refractivity contribution in [2.24, 2.45) is 4.99 Å². The minimum Gasteiger partial charge on any atom is -0.402 e. The Morgan fingerprint density at radius 2 is 1.74 bits per heavy atom. The Balaban J connectivity index is 1.72. The topological polar surface area (TPSA) is 56.5 Å². The lowest BCUT2D eigenvalue weighted by Gasteiger charge is -2.01. The van der Waals surface area contributed by atoms with E-state index < -0.39 is 5.97 Å². The molecule has 0 saturated heterocycles. The molecule has 0 N–H and O–H groups in total. The summed E-state index contributed by atoms with van der Waals surface area (Å²) < 4.78 is 6.89. The first-order chi connectivity index (χ1) is 13.0. The Hall–Kier alpha value is -2.89. The fourth-order valence-corrected chi connectivity index (χ4v) is 3.13. The molecule has 0 aliphatic carbocycles. The maximum atomic E-state index is 12.2. The Morgan fingerprint density at radius 1 is 1.04 bits per heavy atom. The monoisotopic (exact) mass is 397 g/mol. The summed E-state index contributed by atoms with van der Waals surface area (Å²) in [5, 5.41) is 5.45. The van der Waals surface area contributed by atoms with Gasteiger partial charge < -0.3 is 4.74 Å². The summed E-state index contributed by atoms with van der Waals surface area (Å²) in [6.45, 7) is 1.82. The fourth-order valence-electron chi connectivity index (χ4n) is 2.68. The normalized spacial score (nSPS) is 15.1. The highest BCUT2D eigenvalue weighted by Crippen LogP contribution is 2.28. The van der Waals surface area contributed by atoms with Crippen molar-refractivity contribution in [1.29, 1.82) is 0 Å². The van der Waals surface area contributed by atoms with Gasteiger partial charge in [-0.1, -0.05) is 41.4 Å². The van der Waals surface area contributed by atoms with Crippen molar-refractivity contribution < 1.29 is 9.53 Å². The van der Waals surface area contributed by atoms with Crippen molar-refractivity contribution in [2.75, 3.05) is 0 Å². The number of carbonyl (C=O) groups is 1. The number of aryl methyl sites for hydroxylation is 1. The van der Waals surface area contributed by atoms with Gasteiger partial charge in [0.05, 0.1) is 11.4 Å². The first-order valence-electron chi connectivity index (χ1n) is 8.12. The third kappa shape index (κ3) is 3.39. The number of aromatic nitrogens is 2. The number of rotatable bonds is 3. The average molecular weight is 398 g/mol. The molecule has 3 aromatic rings. The van der Waals surface area contributed by atoms with Crippen LogP contribution in [-0.4, -0.2) is 21.6 Å². The van der Waals surface area contributed by atoms with E-state index >= 15 is 0 Å². The number of benzene rings is 2. The van der Waals surface area contributed by atoms with Gasteiger partial charge in [-0.05, 0) is 49.4 Å². The standard InChI is InChI=1S/C20H13Cl2N3O2/c1-12-16(18(22)25(24-12)15-5-3-2-4-6-15)11-17-20(26)27-19(23-17)13-7-9-14(21)10-8-13/h2-11H,1H3. The van der Waals surface area contributed by atoms with Crippen LogP contribution < -0.4 is 0 Å². The van der Waals surface area contributed by atoms with Gasteiger partial charge in [-0.2, -0.15) is 5.10 Å². The predicted molar refractivity (Wildman–Crippen MR) is 105 cm³/mol. The Morgan fingerprint density at radius 3 is 2.44 bits per heavy atom. The van der Waals surface area contributed by atoms with Crippen molar-refractivity contribution in [1.82, 2.24) is 9.78 Å². The van der Waals surface area contributed by atoms with Crippen LogP contribution in [0.3, 0.4) is 0 Å². The highest BCUT2D eigenvalue weighted by atomic mass is 35.5. The molecule has 0 unspecified atom stereocenters. The van der Waals surface area contributed by atoms with Gasteiger partial charge in [0.1, 0.15) is 5.15 Å². The molecule has 5 nitrogen and oxygen atoms in total. The van der Waals surface area contributed by atoms with Crippen molar-refractivity contribution in [3.05, 3.63) is 87.3 Å².